The van der Waals surface area contributed by atoms with Crippen molar-refractivity contribution in [2.75, 3.05) is 13.2 Å². The van der Waals surface area contributed by atoms with E-state index in [1.807, 2.05) is 17.0 Å². The van der Waals surface area contributed by atoms with Crippen molar-refractivity contribution in [3.63, 3.8) is 0 Å². The molecule has 0 saturated carbocycles. The molecule has 1 N–H and O–H groups in total. The normalized spacial score (nSPS) is 19.6. The van der Waals surface area contributed by atoms with Crippen molar-refractivity contribution in [1.29, 1.82) is 0 Å². The monoisotopic (exact) mass is 473 g/mol. The van der Waals surface area contributed by atoms with Gasteiger partial charge in [0.15, 0.2) is 5.58 Å². The van der Waals surface area contributed by atoms with Crippen LogP contribution in [0.1, 0.15) is 36.2 Å². The highest BCUT2D eigenvalue weighted by molar-refractivity contribution is 5.95. The molecule has 2 aromatic carbocycles. The van der Waals surface area contributed by atoms with Crippen LogP contribution in [0.3, 0.4) is 0 Å². The van der Waals surface area contributed by atoms with Crippen LogP contribution >= 0.6 is 0 Å². The number of aromatic nitrogens is 2. The zero-order chi connectivity index (χ0) is 24.3. The summed E-state index contributed by atoms with van der Waals surface area (Å²) in [6.45, 7) is 4.45. The number of hydrogen-bond acceptors (Lipinski definition) is 6. The Labute approximate surface area is 201 Å². The molecule has 4 aromatic rings. The molecule has 2 aliphatic rings. The second-order valence-electron chi connectivity index (χ2n) is 9.71. The van der Waals surface area contributed by atoms with Gasteiger partial charge in [0.2, 0.25) is 0 Å². The third-order valence-corrected chi connectivity index (χ3v) is 6.77. The molecule has 0 spiro atoms. The molecule has 2 bridgehead atoms. The molecule has 7 nitrogen and oxygen atoms in total. The third-order valence-electron chi connectivity index (χ3n) is 6.77. The number of fused-ring (bicyclic) bond motifs is 3. The van der Waals surface area contributed by atoms with E-state index < -0.39 is 11.4 Å². The average molecular weight is 474 g/mol. The summed E-state index contributed by atoms with van der Waals surface area (Å²) in [6.07, 6.45) is 2.47. The SMILES string of the molecule is CC(C)(O)c1cc(F)cc(-c2ncnc3cc(-c4ccc(C(=O)N5C[C@@H]6C[C@H]5CO6)cc4)oc23)c1. The molecule has 2 saturated heterocycles. The summed E-state index contributed by atoms with van der Waals surface area (Å²) in [5, 5.41) is 10.4. The van der Waals surface area contributed by atoms with Gasteiger partial charge in [0.1, 0.15) is 29.1 Å². The second kappa shape index (κ2) is 7.96. The third kappa shape index (κ3) is 3.88. The molecule has 2 aromatic heterocycles. The fraction of sp³-hybridized carbons (Fsp3) is 0.296. The van der Waals surface area contributed by atoms with Crippen LogP contribution in [0.4, 0.5) is 4.39 Å². The molecule has 1 amide bonds. The first-order valence-electron chi connectivity index (χ1n) is 11.6. The number of benzene rings is 2. The molecule has 8 heteroatoms. The Bertz CT molecular complexity index is 1440. The van der Waals surface area contributed by atoms with Gasteiger partial charge in [0.05, 0.1) is 24.4 Å². The number of amides is 1. The van der Waals surface area contributed by atoms with Crippen molar-refractivity contribution < 1.29 is 23.4 Å². The van der Waals surface area contributed by atoms with E-state index in [1.165, 1.54) is 18.5 Å². The summed E-state index contributed by atoms with van der Waals surface area (Å²) < 4.78 is 26.1. The summed E-state index contributed by atoms with van der Waals surface area (Å²) in [7, 11) is 0. The van der Waals surface area contributed by atoms with E-state index in [0.717, 1.165) is 12.0 Å². The smallest absolute Gasteiger partial charge is 0.254 e. The maximum Gasteiger partial charge on any atom is 0.254 e. The Morgan fingerprint density at radius 3 is 2.60 bits per heavy atom. The fourth-order valence-electron chi connectivity index (χ4n) is 4.87. The number of hydrogen-bond donors (Lipinski definition) is 1. The van der Waals surface area contributed by atoms with E-state index in [2.05, 4.69) is 9.97 Å². The Morgan fingerprint density at radius 2 is 1.91 bits per heavy atom. The number of nitrogens with zero attached hydrogens (tertiary/aromatic N) is 3. The van der Waals surface area contributed by atoms with Gasteiger partial charge in [-0.25, -0.2) is 14.4 Å². The molecular weight excluding hydrogens is 449 g/mol. The van der Waals surface area contributed by atoms with Crippen molar-refractivity contribution >= 4 is 17.0 Å². The largest absolute Gasteiger partial charge is 0.452 e. The van der Waals surface area contributed by atoms with E-state index in [4.69, 9.17) is 9.15 Å². The van der Waals surface area contributed by atoms with Crippen molar-refractivity contribution in [1.82, 2.24) is 14.9 Å². The molecular formula is C27H24FN3O4. The summed E-state index contributed by atoms with van der Waals surface area (Å²) in [4.78, 5) is 23.5. The molecule has 0 aliphatic carbocycles. The van der Waals surface area contributed by atoms with Crippen LogP contribution in [0.25, 0.3) is 33.7 Å². The van der Waals surface area contributed by atoms with Crippen molar-refractivity contribution in [3.8, 4) is 22.6 Å². The minimum Gasteiger partial charge on any atom is -0.452 e. The predicted molar refractivity (Wildman–Crippen MR) is 127 cm³/mol. The number of furan rings is 1. The van der Waals surface area contributed by atoms with Crippen LogP contribution in [0.2, 0.25) is 0 Å². The molecule has 35 heavy (non-hydrogen) atoms. The molecule has 0 unspecified atom stereocenters. The number of carbonyl (C=O) groups is 1. The first kappa shape index (κ1) is 21.9. The summed E-state index contributed by atoms with van der Waals surface area (Å²) in [5.41, 5.74) is 2.55. The lowest BCUT2D eigenvalue weighted by atomic mass is 9.95. The van der Waals surface area contributed by atoms with E-state index in [-0.39, 0.29) is 18.1 Å². The zero-order valence-corrected chi connectivity index (χ0v) is 19.4. The zero-order valence-electron chi connectivity index (χ0n) is 19.4. The van der Waals surface area contributed by atoms with Crippen LogP contribution in [-0.4, -0.2) is 51.2 Å². The number of aliphatic hydroxyl groups is 1. The molecule has 0 radical (unpaired) electrons. The highest BCUT2D eigenvalue weighted by Gasteiger charge is 2.41. The molecule has 2 fully saturated rings. The fourth-order valence-corrected chi connectivity index (χ4v) is 4.87. The van der Waals surface area contributed by atoms with Gasteiger partial charge in [-0.15, -0.1) is 0 Å². The van der Waals surface area contributed by atoms with Gasteiger partial charge >= 0.3 is 0 Å². The number of likely N-dealkylation sites (tertiary alicyclic amines) is 1. The number of rotatable bonds is 4. The van der Waals surface area contributed by atoms with Gasteiger partial charge in [-0.3, -0.25) is 4.79 Å². The predicted octanol–water partition coefficient (Wildman–Crippen LogP) is 4.54. The second-order valence-corrected chi connectivity index (χ2v) is 9.71. The Kier molecular flexibility index (Phi) is 4.98. The number of ether oxygens (including phenoxy) is 1. The molecule has 6 rings (SSSR count). The first-order chi connectivity index (χ1) is 16.8. The maximum atomic E-state index is 14.4. The van der Waals surface area contributed by atoms with Crippen LogP contribution < -0.4 is 0 Å². The minimum atomic E-state index is -1.21. The highest BCUT2D eigenvalue weighted by Crippen LogP contribution is 2.35. The maximum absolute atomic E-state index is 14.4. The van der Waals surface area contributed by atoms with Crippen molar-refractivity contribution in [2.45, 2.75) is 38.0 Å². The highest BCUT2D eigenvalue weighted by atomic mass is 19.1. The van der Waals surface area contributed by atoms with Gasteiger partial charge in [-0.05, 0) is 56.2 Å². The van der Waals surface area contributed by atoms with Crippen LogP contribution in [-0.2, 0) is 10.3 Å². The minimum absolute atomic E-state index is 0.0128. The Balaban J connectivity index is 1.33. The number of halogens is 1. The molecule has 2 atom stereocenters. The standard InChI is InChI=1S/C27H24FN3O4/c1-27(2,33)18-7-17(8-19(28)9-18)24-25-22(29-14-30-24)11-23(35-25)15-3-5-16(6-4-15)26(32)31-12-21-10-20(31)13-34-21/h3-9,11,14,20-21,33H,10,12-13H2,1-2H3/t20-,21-/m0/s1. The summed E-state index contributed by atoms with van der Waals surface area (Å²) in [5.74, 6) is 0.100. The van der Waals surface area contributed by atoms with Gasteiger partial charge in [0, 0.05) is 29.3 Å². The van der Waals surface area contributed by atoms with Gasteiger partial charge in [-0.2, -0.15) is 0 Å². The lowest BCUT2D eigenvalue weighted by Gasteiger charge is -2.26. The van der Waals surface area contributed by atoms with Crippen LogP contribution in [0.5, 0.6) is 0 Å². The summed E-state index contributed by atoms with van der Waals surface area (Å²) in [6, 6.07) is 13.6. The van der Waals surface area contributed by atoms with E-state index in [9.17, 15) is 14.3 Å². The number of morpholine rings is 1. The van der Waals surface area contributed by atoms with E-state index >= 15 is 0 Å². The Morgan fingerprint density at radius 1 is 1.11 bits per heavy atom. The topological polar surface area (TPSA) is 88.7 Å². The molecule has 2 aliphatic heterocycles. The van der Waals surface area contributed by atoms with E-state index in [1.54, 1.807) is 38.1 Å². The number of carbonyl (C=O) groups excluding carboxylic acids is 1. The van der Waals surface area contributed by atoms with Gasteiger partial charge in [-0.1, -0.05) is 12.1 Å². The molecule has 4 heterocycles. The summed E-state index contributed by atoms with van der Waals surface area (Å²) >= 11 is 0. The van der Waals surface area contributed by atoms with Gasteiger partial charge < -0.3 is 19.2 Å². The van der Waals surface area contributed by atoms with Crippen molar-refractivity contribution in [3.05, 3.63) is 71.8 Å². The van der Waals surface area contributed by atoms with Crippen molar-refractivity contribution in [2.24, 2.45) is 0 Å². The average Bonchev–Trinajstić information content (AvgIpc) is 3.58. The lowest BCUT2D eigenvalue weighted by molar-refractivity contribution is 0.0259. The van der Waals surface area contributed by atoms with Crippen LogP contribution in [0, 0.1) is 5.82 Å². The lowest BCUT2D eigenvalue weighted by Crippen LogP contribution is -2.41. The Hall–Kier alpha value is -3.62. The van der Waals surface area contributed by atoms with Crippen LogP contribution in [0.15, 0.2) is 59.3 Å². The quantitative estimate of drug-likeness (QED) is 0.468. The van der Waals surface area contributed by atoms with E-state index in [0.29, 0.717) is 52.4 Å². The first-order valence-corrected chi connectivity index (χ1v) is 11.6. The molecule has 178 valence electrons. The van der Waals surface area contributed by atoms with Gasteiger partial charge in [0.25, 0.3) is 5.91 Å².